The first-order valence-electron chi connectivity index (χ1n) is 13.1. The number of carbonyl (C=O) groups excluding carboxylic acids is 1. The Morgan fingerprint density at radius 1 is 1.32 bits per heavy atom. The first-order valence-corrected chi connectivity index (χ1v) is 14.4. The third-order valence-corrected chi connectivity index (χ3v) is 9.61. The van der Waals surface area contributed by atoms with Crippen molar-refractivity contribution < 1.29 is 37.3 Å². The molecule has 2 N–H and O–H groups in total. The molecule has 41 heavy (non-hydrogen) atoms. The quantitative estimate of drug-likeness (QED) is 0.434. The van der Waals surface area contributed by atoms with Gasteiger partial charge in [0.1, 0.15) is 11.9 Å². The van der Waals surface area contributed by atoms with Crippen molar-refractivity contribution in [1.29, 1.82) is 0 Å². The van der Waals surface area contributed by atoms with Crippen molar-refractivity contribution in [1.82, 2.24) is 15.2 Å². The Kier molecular flexibility index (Phi) is 7.12. The number of carboxylic acids is 1. The maximum absolute atomic E-state index is 16.6. The molecule has 6 unspecified atom stereocenters. The van der Waals surface area contributed by atoms with Crippen molar-refractivity contribution in [3.8, 4) is 0 Å². The summed E-state index contributed by atoms with van der Waals surface area (Å²) in [5, 5.41) is 14.4. The van der Waals surface area contributed by atoms with E-state index in [1.807, 2.05) is 0 Å². The highest BCUT2D eigenvalue weighted by Crippen LogP contribution is 2.65. The molecule has 0 amide bonds. The Labute approximate surface area is 242 Å². The number of nitrogens with one attached hydrogen (secondary N) is 1. The molecule has 4 aliphatic rings. The summed E-state index contributed by atoms with van der Waals surface area (Å²) >= 11 is 7.63. The number of aliphatic carboxylic acids is 1. The largest absolute Gasteiger partial charge is 0.481 e. The van der Waals surface area contributed by atoms with Crippen LogP contribution < -0.4 is 5.32 Å². The fraction of sp³-hybridized carbons (Fsp3) is 0.481. The maximum Gasteiger partial charge on any atom is 0.338 e. The van der Waals surface area contributed by atoms with Gasteiger partial charge in [-0.05, 0) is 19.4 Å². The minimum absolute atomic E-state index is 0.0146. The van der Waals surface area contributed by atoms with Gasteiger partial charge in [-0.3, -0.25) is 14.7 Å². The number of benzene rings is 1. The van der Waals surface area contributed by atoms with E-state index in [-0.39, 0.29) is 60.5 Å². The number of aromatic nitrogens is 1. The van der Waals surface area contributed by atoms with E-state index in [1.165, 1.54) is 23.5 Å². The van der Waals surface area contributed by atoms with E-state index < -0.39 is 59.6 Å². The lowest BCUT2D eigenvalue weighted by Gasteiger charge is -2.52. The number of aliphatic imine (C=N–C) groups is 1. The van der Waals surface area contributed by atoms with Crippen LogP contribution in [0.1, 0.15) is 36.4 Å². The zero-order valence-corrected chi connectivity index (χ0v) is 23.4. The molecule has 6 atom stereocenters. The van der Waals surface area contributed by atoms with Crippen molar-refractivity contribution in [3.05, 3.63) is 62.5 Å². The Balaban J connectivity index is 1.46. The second kappa shape index (κ2) is 10.4. The first-order chi connectivity index (χ1) is 19.6. The molecule has 3 fully saturated rings. The van der Waals surface area contributed by atoms with Gasteiger partial charge in [-0.1, -0.05) is 23.7 Å². The minimum atomic E-state index is -2.44. The molecule has 14 heteroatoms. The van der Waals surface area contributed by atoms with Gasteiger partial charge in [0.2, 0.25) is 0 Å². The predicted molar refractivity (Wildman–Crippen MR) is 143 cm³/mol. The summed E-state index contributed by atoms with van der Waals surface area (Å²) in [5.41, 5.74) is -4.29. The molecule has 9 nitrogen and oxygen atoms in total. The number of carbonyl (C=O) groups is 2. The van der Waals surface area contributed by atoms with Gasteiger partial charge >= 0.3 is 11.9 Å². The lowest BCUT2D eigenvalue weighted by Crippen LogP contribution is -2.68. The SMILES string of the molecule is CCOC(=O)C1=C(CN2C3COCC2C2(F)C(CC(=O)O)CC32F)NC(c2nccs2)=NC1c1cccc(F)c1Cl. The highest BCUT2D eigenvalue weighted by Gasteiger charge is 2.81. The number of halogens is 4. The Bertz CT molecular complexity index is 1460. The molecule has 3 aliphatic heterocycles. The number of carboxylic acid groups (broad SMARTS) is 1. The molecule has 2 saturated heterocycles. The molecule has 1 saturated carbocycles. The standard InChI is InChI=1S/C27H26ClF3N4O5S/c1-2-40-25(38)20-16(10-35-17-11-39-12-18(35)27(31)13(8-19(36)37)9-26(17,27)30)33-23(24-32-6-7-41-24)34-22(20)14-4-3-5-15(29)21(14)28/h3-7,13,17-18,22H,2,8-12H2,1H3,(H,33,34)(H,36,37). The van der Waals surface area contributed by atoms with Crippen molar-refractivity contribution in [2.75, 3.05) is 26.4 Å². The Morgan fingerprint density at radius 2 is 2.10 bits per heavy atom. The summed E-state index contributed by atoms with van der Waals surface area (Å²) in [6.07, 6.45) is 0.817. The number of esters is 1. The fourth-order valence-corrected chi connectivity index (χ4v) is 7.50. The second-order valence-corrected chi connectivity index (χ2v) is 11.7. The van der Waals surface area contributed by atoms with E-state index in [1.54, 1.807) is 29.5 Å². The number of morpholine rings is 1. The van der Waals surface area contributed by atoms with Crippen LogP contribution in [0.15, 0.2) is 46.0 Å². The van der Waals surface area contributed by atoms with Gasteiger partial charge in [0, 0.05) is 35.3 Å². The van der Waals surface area contributed by atoms with Gasteiger partial charge in [0.05, 0.1) is 48.9 Å². The van der Waals surface area contributed by atoms with Gasteiger partial charge < -0.3 is 19.9 Å². The fourth-order valence-electron chi connectivity index (χ4n) is 6.68. The second-order valence-electron chi connectivity index (χ2n) is 10.5. The maximum atomic E-state index is 16.6. The zero-order valence-electron chi connectivity index (χ0n) is 21.8. The summed E-state index contributed by atoms with van der Waals surface area (Å²) in [6.45, 7) is 1.27. The third-order valence-electron chi connectivity index (χ3n) is 8.43. The lowest BCUT2D eigenvalue weighted by molar-refractivity contribution is -0.174. The van der Waals surface area contributed by atoms with Crippen LogP contribution in [0.25, 0.3) is 0 Å². The van der Waals surface area contributed by atoms with Crippen LogP contribution in [-0.2, 0) is 19.1 Å². The Hall–Kier alpha value is -3.00. The summed E-state index contributed by atoms with van der Waals surface area (Å²) in [4.78, 5) is 35.4. The predicted octanol–water partition coefficient (Wildman–Crippen LogP) is 3.84. The zero-order chi connectivity index (χ0) is 29.1. The van der Waals surface area contributed by atoms with Crippen LogP contribution in [0.4, 0.5) is 13.2 Å². The van der Waals surface area contributed by atoms with Gasteiger partial charge in [-0.15, -0.1) is 11.3 Å². The van der Waals surface area contributed by atoms with Crippen LogP contribution in [0.3, 0.4) is 0 Å². The highest BCUT2D eigenvalue weighted by atomic mass is 35.5. The molecular formula is C27H26ClF3N4O5S. The van der Waals surface area contributed by atoms with Crippen LogP contribution in [0.5, 0.6) is 0 Å². The number of nitrogens with zero attached hydrogens (tertiary/aromatic N) is 3. The first kappa shape index (κ1) is 28.1. The van der Waals surface area contributed by atoms with Crippen LogP contribution in [0.2, 0.25) is 5.02 Å². The molecule has 0 radical (unpaired) electrons. The number of thiazole rings is 1. The van der Waals surface area contributed by atoms with Gasteiger partial charge in [-0.25, -0.2) is 22.9 Å². The van der Waals surface area contributed by atoms with E-state index in [0.29, 0.717) is 5.01 Å². The van der Waals surface area contributed by atoms with Crippen LogP contribution in [-0.4, -0.2) is 82.6 Å². The smallest absolute Gasteiger partial charge is 0.338 e. The minimum Gasteiger partial charge on any atom is -0.481 e. The third kappa shape index (κ3) is 4.27. The van der Waals surface area contributed by atoms with Crippen LogP contribution >= 0.6 is 22.9 Å². The summed E-state index contributed by atoms with van der Waals surface area (Å²) in [6, 6.07) is 0.947. The molecule has 1 aliphatic carbocycles. The van der Waals surface area contributed by atoms with E-state index in [2.05, 4.69) is 15.3 Å². The van der Waals surface area contributed by atoms with Gasteiger partial charge in [0.25, 0.3) is 0 Å². The lowest BCUT2D eigenvalue weighted by atomic mass is 9.56. The van der Waals surface area contributed by atoms with E-state index in [0.717, 1.165) is 0 Å². The molecule has 1 aromatic heterocycles. The van der Waals surface area contributed by atoms with Gasteiger partial charge in [0.15, 0.2) is 22.2 Å². The molecular weight excluding hydrogens is 585 g/mol. The molecule has 1 aromatic carbocycles. The number of hydrogen-bond donors (Lipinski definition) is 2. The summed E-state index contributed by atoms with van der Waals surface area (Å²) < 4.78 is 58.4. The van der Waals surface area contributed by atoms with Gasteiger partial charge in [-0.2, -0.15) is 0 Å². The monoisotopic (exact) mass is 610 g/mol. The van der Waals surface area contributed by atoms with E-state index in [9.17, 15) is 19.1 Å². The van der Waals surface area contributed by atoms with E-state index >= 15 is 8.78 Å². The number of rotatable bonds is 8. The topological polar surface area (TPSA) is 113 Å². The molecule has 2 aromatic rings. The average molecular weight is 611 g/mol. The molecule has 6 rings (SSSR count). The highest BCUT2D eigenvalue weighted by molar-refractivity contribution is 7.11. The number of hydrogen-bond acceptors (Lipinski definition) is 9. The van der Waals surface area contributed by atoms with E-state index in [4.69, 9.17) is 21.1 Å². The number of alkyl halides is 2. The summed E-state index contributed by atoms with van der Waals surface area (Å²) in [5.74, 6) is -3.41. The van der Waals surface area contributed by atoms with Crippen LogP contribution in [0, 0.1) is 11.7 Å². The van der Waals surface area contributed by atoms with Crippen molar-refractivity contribution in [2.24, 2.45) is 10.9 Å². The van der Waals surface area contributed by atoms with Crippen molar-refractivity contribution in [2.45, 2.75) is 49.2 Å². The number of amidine groups is 1. The van der Waals surface area contributed by atoms with Crippen molar-refractivity contribution >= 4 is 40.7 Å². The molecule has 4 heterocycles. The molecule has 218 valence electrons. The Morgan fingerprint density at radius 3 is 2.80 bits per heavy atom. The van der Waals surface area contributed by atoms with Crippen molar-refractivity contribution in [3.63, 3.8) is 0 Å². The summed E-state index contributed by atoms with van der Waals surface area (Å²) in [7, 11) is 0. The molecule has 2 bridgehead atoms. The number of fused-ring (bicyclic) bond motifs is 5. The normalized spacial score (nSPS) is 32.6. The molecule has 0 spiro atoms. The average Bonchev–Trinajstić information content (AvgIpc) is 3.50. The number of ether oxygens (including phenoxy) is 2.